The standard InChI is InChI=1S/C10H14O4/c1-6(8(11)12)4-7-5-10(2,3)14-9(7)13/h7H,1,4-5H2,2-3H3,(H,11,12). The lowest BCUT2D eigenvalue weighted by Crippen LogP contribution is -2.17. The summed E-state index contributed by atoms with van der Waals surface area (Å²) in [5, 5.41) is 8.61. The average molecular weight is 198 g/mol. The fourth-order valence-corrected chi connectivity index (χ4v) is 1.61. The molecule has 0 aromatic carbocycles. The van der Waals surface area contributed by atoms with Crippen LogP contribution in [0.25, 0.3) is 0 Å². The average Bonchev–Trinajstić information content (AvgIpc) is 2.24. The molecule has 1 fully saturated rings. The van der Waals surface area contributed by atoms with Gasteiger partial charge in [-0.1, -0.05) is 6.58 Å². The van der Waals surface area contributed by atoms with Gasteiger partial charge in [-0.05, 0) is 20.3 Å². The molecule has 14 heavy (non-hydrogen) atoms. The molecule has 1 aliphatic heterocycles. The van der Waals surface area contributed by atoms with Crippen LogP contribution in [-0.4, -0.2) is 22.6 Å². The molecule has 0 aromatic heterocycles. The first kappa shape index (κ1) is 10.8. The predicted molar refractivity (Wildman–Crippen MR) is 49.7 cm³/mol. The number of cyclic esters (lactones) is 1. The van der Waals surface area contributed by atoms with E-state index >= 15 is 0 Å². The van der Waals surface area contributed by atoms with Gasteiger partial charge in [0.25, 0.3) is 0 Å². The third-order valence-electron chi connectivity index (χ3n) is 2.24. The molecular formula is C10H14O4. The third kappa shape index (κ3) is 2.34. The smallest absolute Gasteiger partial charge is 0.330 e. The number of carbonyl (C=O) groups is 2. The SMILES string of the molecule is C=C(CC1CC(C)(C)OC1=O)C(=O)O. The molecule has 4 nitrogen and oxygen atoms in total. The van der Waals surface area contributed by atoms with Crippen molar-refractivity contribution in [1.82, 2.24) is 0 Å². The molecule has 0 bridgehead atoms. The van der Waals surface area contributed by atoms with Crippen LogP contribution in [0.1, 0.15) is 26.7 Å². The molecule has 4 heteroatoms. The molecule has 0 aliphatic carbocycles. The molecule has 78 valence electrons. The first-order valence-electron chi connectivity index (χ1n) is 4.46. The van der Waals surface area contributed by atoms with E-state index in [0.717, 1.165) is 0 Å². The largest absolute Gasteiger partial charge is 0.478 e. The van der Waals surface area contributed by atoms with Gasteiger partial charge in [-0.3, -0.25) is 4.79 Å². The van der Waals surface area contributed by atoms with Crippen LogP contribution in [0, 0.1) is 5.92 Å². The Morgan fingerprint density at radius 1 is 1.71 bits per heavy atom. The van der Waals surface area contributed by atoms with E-state index in [1.165, 1.54) is 0 Å². The maximum atomic E-state index is 11.3. The lowest BCUT2D eigenvalue weighted by molar-refractivity contribution is -0.148. The highest BCUT2D eigenvalue weighted by Crippen LogP contribution is 2.33. The summed E-state index contributed by atoms with van der Waals surface area (Å²) in [7, 11) is 0. The van der Waals surface area contributed by atoms with E-state index < -0.39 is 11.6 Å². The van der Waals surface area contributed by atoms with Gasteiger partial charge >= 0.3 is 11.9 Å². The van der Waals surface area contributed by atoms with Crippen LogP contribution in [0.2, 0.25) is 0 Å². The van der Waals surface area contributed by atoms with Gasteiger partial charge in [-0.15, -0.1) is 0 Å². The molecule has 1 saturated heterocycles. The van der Waals surface area contributed by atoms with Crippen LogP contribution in [0.15, 0.2) is 12.2 Å². The Kier molecular flexibility index (Phi) is 2.64. The number of esters is 1. The second-order valence-corrected chi connectivity index (χ2v) is 4.19. The van der Waals surface area contributed by atoms with Gasteiger partial charge in [0, 0.05) is 12.0 Å². The Morgan fingerprint density at radius 3 is 2.64 bits per heavy atom. The lowest BCUT2D eigenvalue weighted by atomic mass is 9.92. The van der Waals surface area contributed by atoms with Gasteiger partial charge < -0.3 is 9.84 Å². The van der Waals surface area contributed by atoms with Crippen LogP contribution in [-0.2, 0) is 14.3 Å². The Labute approximate surface area is 82.6 Å². The van der Waals surface area contributed by atoms with Crippen molar-refractivity contribution in [3.05, 3.63) is 12.2 Å². The van der Waals surface area contributed by atoms with Crippen molar-refractivity contribution in [3.8, 4) is 0 Å². The first-order valence-corrected chi connectivity index (χ1v) is 4.46. The number of hydrogen-bond acceptors (Lipinski definition) is 3. The van der Waals surface area contributed by atoms with E-state index in [1.54, 1.807) is 0 Å². The number of hydrogen-bond donors (Lipinski definition) is 1. The lowest BCUT2D eigenvalue weighted by Gasteiger charge is -2.14. The number of aliphatic carboxylic acids is 1. The van der Waals surface area contributed by atoms with E-state index in [1.807, 2.05) is 13.8 Å². The number of carbonyl (C=O) groups excluding carboxylic acids is 1. The molecule has 1 unspecified atom stereocenters. The van der Waals surface area contributed by atoms with Crippen LogP contribution < -0.4 is 0 Å². The van der Waals surface area contributed by atoms with E-state index in [4.69, 9.17) is 9.84 Å². The summed E-state index contributed by atoms with van der Waals surface area (Å²) in [5.74, 6) is -1.73. The predicted octanol–water partition coefficient (Wildman–Crippen LogP) is 1.36. The summed E-state index contributed by atoms with van der Waals surface area (Å²) in [6.45, 7) is 7.02. The zero-order valence-corrected chi connectivity index (χ0v) is 8.37. The van der Waals surface area contributed by atoms with Crippen LogP contribution >= 0.6 is 0 Å². The second-order valence-electron chi connectivity index (χ2n) is 4.19. The monoisotopic (exact) mass is 198 g/mol. The molecule has 0 aromatic rings. The fourth-order valence-electron chi connectivity index (χ4n) is 1.61. The quantitative estimate of drug-likeness (QED) is 0.549. The summed E-state index contributed by atoms with van der Waals surface area (Å²) < 4.78 is 5.07. The molecule has 0 radical (unpaired) electrons. The van der Waals surface area contributed by atoms with Crippen molar-refractivity contribution in [2.24, 2.45) is 5.92 Å². The van der Waals surface area contributed by atoms with E-state index in [2.05, 4.69) is 6.58 Å². The molecular weight excluding hydrogens is 184 g/mol. The summed E-state index contributed by atoms with van der Waals surface area (Å²) in [5.41, 5.74) is -0.412. The third-order valence-corrected chi connectivity index (χ3v) is 2.24. The highest BCUT2D eigenvalue weighted by Gasteiger charge is 2.40. The number of rotatable bonds is 3. The van der Waals surface area contributed by atoms with Gasteiger partial charge in [-0.2, -0.15) is 0 Å². The van der Waals surface area contributed by atoms with Crippen molar-refractivity contribution in [3.63, 3.8) is 0 Å². The number of carboxylic acid groups (broad SMARTS) is 1. The van der Waals surface area contributed by atoms with Crippen LogP contribution in [0.3, 0.4) is 0 Å². The zero-order chi connectivity index (χ0) is 10.9. The minimum atomic E-state index is -1.05. The van der Waals surface area contributed by atoms with Gasteiger partial charge in [-0.25, -0.2) is 4.79 Å². The molecule has 1 N–H and O–H groups in total. The minimum Gasteiger partial charge on any atom is -0.478 e. The molecule has 1 atom stereocenters. The molecule has 0 spiro atoms. The van der Waals surface area contributed by atoms with Crippen molar-refractivity contribution in [2.45, 2.75) is 32.3 Å². The summed E-state index contributed by atoms with van der Waals surface area (Å²) in [6.07, 6.45) is 0.732. The van der Waals surface area contributed by atoms with Gasteiger partial charge in [0.2, 0.25) is 0 Å². The molecule has 0 saturated carbocycles. The van der Waals surface area contributed by atoms with E-state index in [0.29, 0.717) is 6.42 Å². The summed E-state index contributed by atoms with van der Waals surface area (Å²) in [6, 6.07) is 0. The second kappa shape index (κ2) is 3.44. The van der Waals surface area contributed by atoms with E-state index in [9.17, 15) is 9.59 Å². The van der Waals surface area contributed by atoms with Gasteiger partial charge in [0.1, 0.15) is 5.60 Å². The van der Waals surface area contributed by atoms with Crippen molar-refractivity contribution in [1.29, 1.82) is 0 Å². The normalized spacial score (nSPS) is 24.4. The Morgan fingerprint density at radius 2 is 2.29 bits per heavy atom. The Hall–Kier alpha value is -1.32. The zero-order valence-electron chi connectivity index (χ0n) is 8.37. The highest BCUT2D eigenvalue weighted by atomic mass is 16.6. The maximum absolute atomic E-state index is 11.3. The number of carboxylic acids is 1. The molecule has 1 aliphatic rings. The topological polar surface area (TPSA) is 63.6 Å². The molecule has 1 heterocycles. The highest BCUT2D eigenvalue weighted by molar-refractivity contribution is 5.87. The van der Waals surface area contributed by atoms with Gasteiger partial charge in [0.15, 0.2) is 0 Å². The van der Waals surface area contributed by atoms with Crippen LogP contribution in [0.5, 0.6) is 0 Å². The maximum Gasteiger partial charge on any atom is 0.330 e. The van der Waals surface area contributed by atoms with Crippen molar-refractivity contribution >= 4 is 11.9 Å². The fraction of sp³-hybridized carbons (Fsp3) is 0.600. The molecule has 0 amide bonds. The first-order chi connectivity index (χ1) is 6.32. The van der Waals surface area contributed by atoms with Crippen LogP contribution in [0.4, 0.5) is 0 Å². The summed E-state index contributed by atoms with van der Waals surface area (Å²) >= 11 is 0. The van der Waals surface area contributed by atoms with Crippen molar-refractivity contribution in [2.75, 3.05) is 0 Å². The number of ether oxygens (including phenoxy) is 1. The minimum absolute atomic E-state index is 0.0599. The van der Waals surface area contributed by atoms with Crippen molar-refractivity contribution < 1.29 is 19.4 Å². The molecule has 1 rings (SSSR count). The Balaban J connectivity index is 2.60. The summed E-state index contributed by atoms with van der Waals surface area (Å²) in [4.78, 5) is 21.8. The van der Waals surface area contributed by atoms with E-state index in [-0.39, 0.29) is 23.9 Å². The van der Waals surface area contributed by atoms with Gasteiger partial charge in [0.05, 0.1) is 5.92 Å². The Bertz CT molecular complexity index is 290.